The Bertz CT molecular complexity index is 1160. The van der Waals surface area contributed by atoms with Gasteiger partial charge in [0.15, 0.2) is 0 Å². The van der Waals surface area contributed by atoms with Crippen LogP contribution in [0.3, 0.4) is 0 Å². The zero-order chi connectivity index (χ0) is 38.6. The fourth-order valence-corrected chi connectivity index (χ4v) is 5.39. The van der Waals surface area contributed by atoms with Crippen molar-refractivity contribution in [3.8, 4) is 0 Å². The van der Waals surface area contributed by atoms with Gasteiger partial charge in [0.2, 0.25) is 5.91 Å². The maximum atomic E-state index is 12.8. The lowest BCUT2D eigenvalue weighted by molar-refractivity contribution is -0.870. The number of phosphoric acid groups is 1. The molecule has 0 aliphatic rings. The van der Waals surface area contributed by atoms with Crippen molar-refractivity contribution < 1.29 is 32.9 Å². The standard InChI is InChI=1S/C43H73N2O6P/c1-6-8-10-12-14-15-16-17-18-19-20-21-22-23-24-25-26-27-28-29-31-33-35-37-43(47)44-41(42(46)36-34-32-30-13-11-9-7-2)40-51-52(48,49)50-39-38-45(3,4)5/h8,10-11,13-15,17-18,20-21,23-24,26-27,34,36,41-42,46H,6-7,9,12,16,19,22,25,28-33,35,37-40H2,1-5H3,(H-,44,47,48,49)/p+1/b10-8-,13-11+,15-14-,18-17-,21-20-,24-23-,27-26-,36-34+. The van der Waals surface area contributed by atoms with Gasteiger partial charge in [0.25, 0.3) is 0 Å². The van der Waals surface area contributed by atoms with Crippen LogP contribution in [-0.4, -0.2) is 73.4 Å². The first kappa shape index (κ1) is 49.4. The van der Waals surface area contributed by atoms with E-state index in [-0.39, 0.29) is 19.1 Å². The van der Waals surface area contributed by atoms with Crippen LogP contribution in [0.15, 0.2) is 97.2 Å². The van der Waals surface area contributed by atoms with Crippen LogP contribution in [0.1, 0.15) is 117 Å². The number of allylic oxidation sites excluding steroid dienone is 15. The highest BCUT2D eigenvalue weighted by atomic mass is 31.2. The second-order valence-corrected chi connectivity index (χ2v) is 15.4. The topological polar surface area (TPSA) is 105 Å². The largest absolute Gasteiger partial charge is 0.472 e. The normalized spacial score (nSPS) is 15.6. The van der Waals surface area contributed by atoms with Crippen molar-refractivity contribution in [2.75, 3.05) is 40.9 Å². The van der Waals surface area contributed by atoms with Gasteiger partial charge in [0.1, 0.15) is 13.2 Å². The van der Waals surface area contributed by atoms with Gasteiger partial charge in [0, 0.05) is 6.42 Å². The minimum atomic E-state index is -4.35. The van der Waals surface area contributed by atoms with E-state index in [9.17, 15) is 19.4 Å². The second kappa shape index (κ2) is 34.2. The first-order chi connectivity index (χ1) is 25.0. The molecule has 3 unspecified atom stereocenters. The molecule has 0 aliphatic carbocycles. The summed E-state index contributed by atoms with van der Waals surface area (Å²) in [5.74, 6) is -0.223. The van der Waals surface area contributed by atoms with Crippen LogP contribution in [0.5, 0.6) is 0 Å². The lowest BCUT2D eigenvalue weighted by Gasteiger charge is -2.25. The minimum absolute atomic E-state index is 0.0440. The van der Waals surface area contributed by atoms with E-state index in [1.54, 1.807) is 6.08 Å². The summed E-state index contributed by atoms with van der Waals surface area (Å²) < 4.78 is 23.3. The number of likely N-dealkylation sites (N-methyl/N-ethyl adjacent to an activating group) is 1. The molecule has 0 saturated heterocycles. The number of aliphatic hydroxyl groups excluding tert-OH is 1. The number of hydrogen-bond donors (Lipinski definition) is 3. The summed E-state index contributed by atoms with van der Waals surface area (Å²) in [7, 11) is 1.51. The van der Waals surface area contributed by atoms with Gasteiger partial charge in [-0.05, 0) is 77.0 Å². The molecule has 0 bridgehead atoms. The zero-order valence-electron chi connectivity index (χ0n) is 33.2. The summed E-state index contributed by atoms with van der Waals surface area (Å²) in [5.41, 5.74) is 0. The molecular formula is C43H74N2O6P+. The minimum Gasteiger partial charge on any atom is -0.387 e. The molecule has 3 N–H and O–H groups in total. The first-order valence-corrected chi connectivity index (χ1v) is 21.1. The molecule has 8 nitrogen and oxygen atoms in total. The van der Waals surface area contributed by atoms with Crippen molar-refractivity contribution >= 4 is 13.7 Å². The molecule has 0 heterocycles. The van der Waals surface area contributed by atoms with Crippen molar-refractivity contribution in [3.05, 3.63) is 97.2 Å². The van der Waals surface area contributed by atoms with Crippen LogP contribution in [-0.2, 0) is 18.4 Å². The van der Waals surface area contributed by atoms with E-state index in [0.29, 0.717) is 17.4 Å². The molecule has 0 aliphatic heterocycles. The Balaban J connectivity index is 4.39. The van der Waals surface area contributed by atoms with Gasteiger partial charge in [-0.25, -0.2) is 4.57 Å². The zero-order valence-corrected chi connectivity index (χ0v) is 34.1. The third-order valence-corrected chi connectivity index (χ3v) is 8.75. The predicted octanol–water partition coefficient (Wildman–Crippen LogP) is 10.4. The number of quaternary nitrogens is 1. The van der Waals surface area contributed by atoms with Gasteiger partial charge in [0.05, 0.1) is 39.9 Å². The van der Waals surface area contributed by atoms with E-state index in [1.165, 1.54) is 0 Å². The van der Waals surface area contributed by atoms with Crippen molar-refractivity contribution in [3.63, 3.8) is 0 Å². The molecule has 0 aromatic heterocycles. The average molecular weight is 746 g/mol. The van der Waals surface area contributed by atoms with Crippen LogP contribution >= 0.6 is 7.82 Å². The molecular weight excluding hydrogens is 671 g/mol. The number of carbonyl (C=O) groups excluding carboxylic acids is 1. The van der Waals surface area contributed by atoms with Crippen molar-refractivity contribution in [1.29, 1.82) is 0 Å². The number of nitrogens with one attached hydrogen (secondary N) is 1. The van der Waals surface area contributed by atoms with Crippen molar-refractivity contribution in [2.24, 2.45) is 0 Å². The Hall–Kier alpha value is -2.58. The maximum Gasteiger partial charge on any atom is 0.472 e. The van der Waals surface area contributed by atoms with Gasteiger partial charge >= 0.3 is 7.82 Å². The van der Waals surface area contributed by atoms with Crippen LogP contribution in [0, 0.1) is 0 Å². The van der Waals surface area contributed by atoms with Crippen LogP contribution < -0.4 is 5.32 Å². The molecule has 0 saturated carbocycles. The van der Waals surface area contributed by atoms with E-state index >= 15 is 0 Å². The molecule has 0 aromatic rings. The SMILES string of the molecule is CC/C=C\C/C=C\C/C=C\C/C=C\C/C=C\C/C=C\CCCCCCC(=O)NC(COP(=O)(O)OCC[N+](C)(C)C)C(O)/C=C/CC/C=C/CCC. The highest BCUT2D eigenvalue weighted by molar-refractivity contribution is 7.47. The molecule has 0 aromatic carbocycles. The summed E-state index contributed by atoms with van der Waals surface area (Å²) in [6.45, 7) is 4.50. The van der Waals surface area contributed by atoms with Gasteiger partial charge < -0.3 is 19.8 Å². The number of phosphoric ester groups is 1. The average Bonchev–Trinajstić information content (AvgIpc) is 3.09. The van der Waals surface area contributed by atoms with Crippen LogP contribution in [0.25, 0.3) is 0 Å². The van der Waals surface area contributed by atoms with E-state index in [4.69, 9.17) is 9.05 Å². The molecule has 9 heteroatoms. The highest BCUT2D eigenvalue weighted by Crippen LogP contribution is 2.43. The molecule has 0 spiro atoms. The number of hydrogen-bond acceptors (Lipinski definition) is 5. The Morgan fingerprint density at radius 1 is 0.673 bits per heavy atom. The summed E-state index contributed by atoms with van der Waals surface area (Å²) in [4.78, 5) is 22.9. The Labute approximate surface area is 318 Å². The van der Waals surface area contributed by atoms with Gasteiger partial charge in [-0.15, -0.1) is 0 Å². The number of amides is 1. The predicted molar refractivity (Wildman–Crippen MR) is 221 cm³/mol. The third-order valence-electron chi connectivity index (χ3n) is 7.77. The van der Waals surface area contributed by atoms with Crippen molar-refractivity contribution in [2.45, 2.75) is 129 Å². The van der Waals surface area contributed by atoms with Gasteiger partial charge in [-0.3, -0.25) is 13.8 Å². The monoisotopic (exact) mass is 746 g/mol. The number of carbonyl (C=O) groups is 1. The molecule has 1 amide bonds. The van der Waals surface area contributed by atoms with Crippen LogP contribution in [0.2, 0.25) is 0 Å². The van der Waals surface area contributed by atoms with Gasteiger partial charge in [-0.1, -0.05) is 130 Å². The van der Waals surface area contributed by atoms with E-state index in [1.807, 2.05) is 27.2 Å². The fourth-order valence-electron chi connectivity index (χ4n) is 4.65. The fraction of sp³-hybridized carbons (Fsp3) is 0.605. The maximum absolute atomic E-state index is 12.8. The highest BCUT2D eigenvalue weighted by Gasteiger charge is 2.27. The lowest BCUT2D eigenvalue weighted by Crippen LogP contribution is -2.45. The molecule has 0 fully saturated rings. The molecule has 52 heavy (non-hydrogen) atoms. The van der Waals surface area contributed by atoms with E-state index in [0.717, 1.165) is 96.3 Å². The van der Waals surface area contributed by atoms with Gasteiger partial charge in [-0.2, -0.15) is 0 Å². The van der Waals surface area contributed by atoms with E-state index in [2.05, 4.69) is 104 Å². The Kier molecular flexibility index (Phi) is 32.5. The number of rotatable bonds is 33. The third kappa shape index (κ3) is 35.8. The number of nitrogens with zero attached hydrogens (tertiary/aromatic N) is 1. The summed E-state index contributed by atoms with van der Waals surface area (Å²) in [6, 6.07) is -0.880. The summed E-state index contributed by atoms with van der Waals surface area (Å²) >= 11 is 0. The molecule has 3 atom stereocenters. The Morgan fingerprint density at radius 3 is 1.73 bits per heavy atom. The van der Waals surface area contributed by atoms with Crippen LogP contribution in [0.4, 0.5) is 0 Å². The van der Waals surface area contributed by atoms with E-state index < -0.39 is 20.0 Å². The number of aliphatic hydroxyl groups is 1. The molecule has 0 rings (SSSR count). The molecule has 296 valence electrons. The lowest BCUT2D eigenvalue weighted by atomic mass is 10.1. The second-order valence-electron chi connectivity index (χ2n) is 13.9. The number of unbranched alkanes of at least 4 members (excludes halogenated alkanes) is 6. The first-order valence-electron chi connectivity index (χ1n) is 19.6. The summed E-state index contributed by atoms with van der Waals surface area (Å²) in [6.07, 6.45) is 47.9. The quantitative estimate of drug-likeness (QED) is 0.0267. The van der Waals surface area contributed by atoms with Crippen molar-refractivity contribution in [1.82, 2.24) is 5.32 Å². The summed E-state index contributed by atoms with van der Waals surface area (Å²) in [5, 5.41) is 13.6. The molecule has 0 radical (unpaired) electrons. The Morgan fingerprint density at radius 2 is 1.17 bits per heavy atom. The smallest absolute Gasteiger partial charge is 0.387 e.